The molecule has 1 aromatic heterocycles. The first kappa shape index (κ1) is 15.1. The van der Waals surface area contributed by atoms with Crippen molar-refractivity contribution in [1.82, 2.24) is 4.98 Å². The third-order valence-corrected chi connectivity index (χ3v) is 2.82. The number of halogens is 3. The summed E-state index contributed by atoms with van der Waals surface area (Å²) in [6, 6.07) is 5.29. The van der Waals surface area contributed by atoms with E-state index in [-0.39, 0.29) is 21.6 Å². The Morgan fingerprint density at radius 1 is 1.24 bits per heavy atom. The van der Waals surface area contributed by atoms with Crippen LogP contribution in [0.2, 0.25) is 10.3 Å². The molecule has 0 spiro atoms. The van der Waals surface area contributed by atoms with Crippen LogP contribution in [0.4, 0.5) is 15.8 Å². The minimum absolute atomic E-state index is 0.00116. The fourth-order valence-electron chi connectivity index (χ4n) is 1.55. The average molecular weight is 330 g/mol. The van der Waals surface area contributed by atoms with Crippen LogP contribution in [0, 0.1) is 15.9 Å². The molecule has 108 valence electrons. The summed E-state index contributed by atoms with van der Waals surface area (Å²) in [6.45, 7) is 0. The van der Waals surface area contributed by atoms with Crippen molar-refractivity contribution in [2.45, 2.75) is 0 Å². The summed E-state index contributed by atoms with van der Waals surface area (Å²) in [5.41, 5.74) is -0.635. The number of pyridine rings is 1. The second-order valence-electron chi connectivity index (χ2n) is 3.87. The molecule has 1 amide bonds. The number of nitrogens with one attached hydrogen (secondary N) is 1. The molecule has 2 aromatic rings. The lowest BCUT2D eigenvalue weighted by Crippen LogP contribution is -2.13. The van der Waals surface area contributed by atoms with E-state index in [1.165, 1.54) is 12.1 Å². The highest BCUT2D eigenvalue weighted by Gasteiger charge is 2.18. The van der Waals surface area contributed by atoms with E-state index in [0.29, 0.717) is 6.07 Å². The number of nitrogens with zero attached hydrogens (tertiary/aromatic N) is 2. The monoisotopic (exact) mass is 329 g/mol. The standard InChI is InChI=1S/C12H6Cl2FN3O3/c13-10-3-6(4-11(14)17-10)12(19)16-8-2-1-7(15)5-9(8)18(20)21/h1-5H,(H,16,19). The van der Waals surface area contributed by atoms with Crippen molar-refractivity contribution in [3.8, 4) is 0 Å². The highest BCUT2D eigenvalue weighted by atomic mass is 35.5. The Morgan fingerprint density at radius 3 is 2.43 bits per heavy atom. The SMILES string of the molecule is O=C(Nc1ccc(F)cc1[N+](=O)[O-])c1cc(Cl)nc(Cl)c1. The number of amides is 1. The van der Waals surface area contributed by atoms with E-state index in [4.69, 9.17) is 23.2 Å². The maximum Gasteiger partial charge on any atom is 0.295 e. The molecule has 21 heavy (non-hydrogen) atoms. The molecule has 0 aliphatic carbocycles. The van der Waals surface area contributed by atoms with Crippen LogP contribution >= 0.6 is 23.2 Å². The van der Waals surface area contributed by atoms with Gasteiger partial charge in [-0.05, 0) is 24.3 Å². The maximum absolute atomic E-state index is 13.0. The van der Waals surface area contributed by atoms with Crippen molar-refractivity contribution in [3.63, 3.8) is 0 Å². The molecule has 1 aromatic carbocycles. The number of carbonyl (C=O) groups excluding carboxylic acids is 1. The van der Waals surface area contributed by atoms with Gasteiger partial charge in [-0.3, -0.25) is 14.9 Å². The molecule has 1 heterocycles. The smallest absolute Gasteiger partial charge is 0.295 e. The van der Waals surface area contributed by atoms with E-state index in [1.54, 1.807) is 0 Å². The lowest BCUT2D eigenvalue weighted by atomic mass is 10.2. The zero-order valence-electron chi connectivity index (χ0n) is 10.1. The molecule has 0 fully saturated rings. The van der Waals surface area contributed by atoms with Gasteiger partial charge in [0.25, 0.3) is 11.6 Å². The number of carbonyl (C=O) groups is 1. The number of aromatic nitrogens is 1. The summed E-state index contributed by atoms with van der Waals surface area (Å²) in [5, 5.41) is 13.1. The van der Waals surface area contributed by atoms with Crippen molar-refractivity contribution in [3.05, 3.63) is 62.1 Å². The number of hydrogen-bond donors (Lipinski definition) is 1. The highest BCUT2D eigenvalue weighted by molar-refractivity contribution is 6.33. The van der Waals surface area contributed by atoms with Gasteiger partial charge < -0.3 is 5.32 Å². The Balaban J connectivity index is 2.33. The van der Waals surface area contributed by atoms with Crippen LogP contribution < -0.4 is 5.32 Å². The summed E-state index contributed by atoms with van der Waals surface area (Å²) in [7, 11) is 0. The van der Waals surface area contributed by atoms with Gasteiger partial charge in [-0.25, -0.2) is 9.37 Å². The quantitative estimate of drug-likeness (QED) is 0.528. The third-order valence-electron chi connectivity index (χ3n) is 2.43. The van der Waals surface area contributed by atoms with Gasteiger partial charge in [0.1, 0.15) is 21.8 Å². The molecular formula is C12H6Cl2FN3O3. The van der Waals surface area contributed by atoms with Gasteiger partial charge in [0, 0.05) is 5.56 Å². The Bertz CT molecular complexity index is 719. The molecule has 0 bridgehead atoms. The summed E-state index contributed by atoms with van der Waals surface area (Å²) in [6.07, 6.45) is 0. The Hall–Kier alpha value is -2.25. The van der Waals surface area contributed by atoms with Crippen LogP contribution in [-0.2, 0) is 0 Å². The van der Waals surface area contributed by atoms with Gasteiger partial charge in [-0.2, -0.15) is 0 Å². The Labute approximate surface area is 127 Å². The second kappa shape index (κ2) is 6.02. The lowest BCUT2D eigenvalue weighted by molar-refractivity contribution is -0.384. The van der Waals surface area contributed by atoms with E-state index < -0.39 is 22.3 Å². The van der Waals surface area contributed by atoms with Crippen molar-refractivity contribution < 1.29 is 14.1 Å². The first-order chi connectivity index (χ1) is 9.86. The maximum atomic E-state index is 13.0. The molecule has 1 N–H and O–H groups in total. The summed E-state index contributed by atoms with van der Waals surface area (Å²) in [5.74, 6) is -1.47. The third kappa shape index (κ3) is 3.65. The fourth-order valence-corrected chi connectivity index (χ4v) is 2.01. The van der Waals surface area contributed by atoms with Crippen LogP contribution in [-0.4, -0.2) is 15.8 Å². The lowest BCUT2D eigenvalue weighted by Gasteiger charge is -2.06. The molecule has 0 unspecified atom stereocenters. The van der Waals surface area contributed by atoms with Gasteiger partial charge in [-0.15, -0.1) is 0 Å². The number of nitro groups is 1. The van der Waals surface area contributed by atoms with Crippen molar-refractivity contribution in [2.75, 3.05) is 5.32 Å². The fraction of sp³-hybridized carbons (Fsp3) is 0. The number of anilines is 1. The van der Waals surface area contributed by atoms with E-state index in [0.717, 1.165) is 12.1 Å². The first-order valence-electron chi connectivity index (χ1n) is 5.45. The van der Waals surface area contributed by atoms with Crippen LogP contribution in [0.15, 0.2) is 30.3 Å². The summed E-state index contributed by atoms with van der Waals surface area (Å²) < 4.78 is 13.0. The van der Waals surface area contributed by atoms with E-state index in [1.807, 2.05) is 0 Å². The Kier molecular flexibility index (Phi) is 4.35. The molecule has 0 aliphatic heterocycles. The molecular weight excluding hydrogens is 324 g/mol. The summed E-state index contributed by atoms with van der Waals surface area (Å²) in [4.78, 5) is 25.7. The predicted octanol–water partition coefficient (Wildman–Crippen LogP) is 3.69. The predicted molar refractivity (Wildman–Crippen MR) is 75.3 cm³/mol. The second-order valence-corrected chi connectivity index (χ2v) is 4.65. The first-order valence-corrected chi connectivity index (χ1v) is 6.21. The van der Waals surface area contributed by atoms with Gasteiger partial charge >= 0.3 is 0 Å². The minimum Gasteiger partial charge on any atom is -0.316 e. The molecule has 2 rings (SSSR count). The Morgan fingerprint density at radius 2 is 1.86 bits per heavy atom. The van der Waals surface area contributed by atoms with Gasteiger partial charge in [-0.1, -0.05) is 23.2 Å². The van der Waals surface area contributed by atoms with Crippen LogP contribution in [0.25, 0.3) is 0 Å². The normalized spacial score (nSPS) is 10.2. The van der Waals surface area contributed by atoms with E-state index in [9.17, 15) is 19.3 Å². The van der Waals surface area contributed by atoms with Crippen LogP contribution in [0.3, 0.4) is 0 Å². The molecule has 0 aliphatic rings. The van der Waals surface area contributed by atoms with Crippen molar-refractivity contribution >= 4 is 40.5 Å². The van der Waals surface area contributed by atoms with Gasteiger partial charge in [0.2, 0.25) is 0 Å². The number of rotatable bonds is 3. The highest BCUT2D eigenvalue weighted by Crippen LogP contribution is 2.26. The van der Waals surface area contributed by atoms with Crippen molar-refractivity contribution in [2.24, 2.45) is 0 Å². The topological polar surface area (TPSA) is 85.1 Å². The largest absolute Gasteiger partial charge is 0.316 e. The zero-order chi connectivity index (χ0) is 15.6. The van der Waals surface area contributed by atoms with Gasteiger partial charge in [0.05, 0.1) is 11.0 Å². The molecule has 0 saturated heterocycles. The van der Waals surface area contributed by atoms with Gasteiger partial charge in [0.15, 0.2) is 0 Å². The van der Waals surface area contributed by atoms with Crippen LogP contribution in [0.5, 0.6) is 0 Å². The number of nitro benzene ring substituents is 1. The average Bonchev–Trinajstić information content (AvgIpc) is 2.39. The summed E-state index contributed by atoms with van der Waals surface area (Å²) >= 11 is 11.3. The van der Waals surface area contributed by atoms with E-state index in [2.05, 4.69) is 10.3 Å². The van der Waals surface area contributed by atoms with E-state index >= 15 is 0 Å². The molecule has 0 atom stereocenters. The number of benzene rings is 1. The number of hydrogen-bond acceptors (Lipinski definition) is 4. The molecule has 6 nitrogen and oxygen atoms in total. The van der Waals surface area contributed by atoms with Crippen LogP contribution in [0.1, 0.15) is 10.4 Å². The molecule has 0 radical (unpaired) electrons. The van der Waals surface area contributed by atoms with Crippen molar-refractivity contribution in [1.29, 1.82) is 0 Å². The molecule has 9 heteroatoms. The molecule has 0 saturated carbocycles. The zero-order valence-corrected chi connectivity index (χ0v) is 11.7. The minimum atomic E-state index is -0.800.